The van der Waals surface area contributed by atoms with E-state index in [0.29, 0.717) is 0 Å². The molecule has 0 bridgehead atoms. The van der Waals surface area contributed by atoms with Crippen molar-refractivity contribution in [2.45, 2.75) is 17.5 Å². The molecule has 0 amide bonds. The number of nitrogens with zero attached hydrogens (tertiary/aromatic N) is 1. The minimum Gasteiger partial charge on any atom is -0.369 e. The van der Waals surface area contributed by atoms with E-state index in [4.69, 9.17) is 0 Å². The molecule has 0 spiro atoms. The van der Waals surface area contributed by atoms with Crippen molar-refractivity contribution in [2.75, 3.05) is 36.8 Å². The summed E-state index contributed by atoms with van der Waals surface area (Å²) >= 11 is 0. The highest BCUT2D eigenvalue weighted by Crippen LogP contribution is 2.24. The summed E-state index contributed by atoms with van der Waals surface area (Å²) in [4.78, 5) is 2.04. The summed E-state index contributed by atoms with van der Waals surface area (Å²) in [6.45, 7) is 3.34. The van der Waals surface area contributed by atoms with Crippen LogP contribution in [0.1, 0.15) is 6.42 Å². The first-order valence-corrected chi connectivity index (χ1v) is 8.28. The zero-order valence-electron chi connectivity index (χ0n) is 11.4. The summed E-state index contributed by atoms with van der Waals surface area (Å²) < 4.78 is 60.1. The fourth-order valence-corrected chi connectivity index (χ4v) is 3.44. The molecule has 1 heterocycles. The molecule has 0 radical (unpaired) electrons. The van der Waals surface area contributed by atoms with Gasteiger partial charge in [0.15, 0.2) is 9.84 Å². The molecule has 1 N–H and O–H groups in total. The molecule has 1 aliphatic heterocycles. The second kappa shape index (κ2) is 6.23. The maximum atomic E-state index is 12.1. The van der Waals surface area contributed by atoms with Crippen LogP contribution >= 0.6 is 0 Å². The van der Waals surface area contributed by atoms with Crippen LogP contribution in [0.2, 0.25) is 0 Å². The Morgan fingerprint density at radius 2 is 1.67 bits per heavy atom. The van der Waals surface area contributed by atoms with E-state index in [0.717, 1.165) is 31.9 Å². The molecule has 0 aromatic heterocycles. The zero-order valence-corrected chi connectivity index (χ0v) is 12.2. The molecule has 1 fully saturated rings. The number of hydrogen-bond donors (Lipinski definition) is 1. The Morgan fingerprint density at radius 3 is 2.19 bits per heavy atom. The monoisotopic (exact) mass is 322 g/mol. The van der Waals surface area contributed by atoms with Crippen molar-refractivity contribution in [3.05, 3.63) is 24.3 Å². The SMILES string of the molecule is O=S(=O)(CCC(F)(F)F)c1ccc(N2CCNCC2)cc1. The fourth-order valence-electron chi connectivity index (χ4n) is 2.16. The lowest BCUT2D eigenvalue weighted by molar-refractivity contribution is -0.129. The summed E-state index contributed by atoms with van der Waals surface area (Å²) in [7, 11) is -3.89. The number of piperazine rings is 1. The van der Waals surface area contributed by atoms with Crippen molar-refractivity contribution in [2.24, 2.45) is 0 Å². The van der Waals surface area contributed by atoms with E-state index in [9.17, 15) is 21.6 Å². The second-order valence-electron chi connectivity index (χ2n) is 4.91. The number of anilines is 1. The van der Waals surface area contributed by atoms with E-state index in [1.807, 2.05) is 0 Å². The van der Waals surface area contributed by atoms with Gasteiger partial charge in [-0.3, -0.25) is 0 Å². The van der Waals surface area contributed by atoms with Crippen molar-refractivity contribution in [3.63, 3.8) is 0 Å². The Kier molecular flexibility index (Phi) is 4.77. The third-order valence-electron chi connectivity index (χ3n) is 3.33. The number of hydrogen-bond acceptors (Lipinski definition) is 4. The molecule has 2 rings (SSSR count). The topological polar surface area (TPSA) is 49.4 Å². The standard InChI is InChI=1S/C13H17F3N2O2S/c14-13(15,16)5-10-21(19,20)12-3-1-11(2-4-12)18-8-6-17-7-9-18/h1-4,17H,5-10H2. The van der Waals surface area contributed by atoms with Crippen molar-refractivity contribution in [3.8, 4) is 0 Å². The van der Waals surface area contributed by atoms with E-state index in [-0.39, 0.29) is 4.90 Å². The average molecular weight is 322 g/mol. The maximum absolute atomic E-state index is 12.1. The zero-order chi connectivity index (χ0) is 15.5. The van der Waals surface area contributed by atoms with Crippen LogP contribution in [0, 0.1) is 0 Å². The average Bonchev–Trinajstić information content (AvgIpc) is 2.46. The first-order chi connectivity index (χ1) is 9.78. The van der Waals surface area contributed by atoms with E-state index in [1.165, 1.54) is 12.1 Å². The third-order valence-corrected chi connectivity index (χ3v) is 5.06. The van der Waals surface area contributed by atoms with Gasteiger partial charge in [-0.15, -0.1) is 0 Å². The molecule has 8 heteroatoms. The number of halogens is 3. The Balaban J connectivity index is 2.07. The first kappa shape index (κ1) is 16.1. The molecule has 0 unspecified atom stereocenters. The Bertz CT molecular complexity index is 564. The van der Waals surface area contributed by atoms with Crippen LogP contribution in [0.5, 0.6) is 0 Å². The highest BCUT2D eigenvalue weighted by molar-refractivity contribution is 7.91. The van der Waals surface area contributed by atoms with Crippen molar-refractivity contribution in [1.82, 2.24) is 5.32 Å². The smallest absolute Gasteiger partial charge is 0.369 e. The number of rotatable bonds is 4. The van der Waals surface area contributed by atoms with Gasteiger partial charge in [0, 0.05) is 31.9 Å². The lowest BCUT2D eigenvalue weighted by Gasteiger charge is -2.29. The largest absolute Gasteiger partial charge is 0.390 e. The van der Waals surface area contributed by atoms with Crippen LogP contribution in [0.15, 0.2) is 29.2 Å². The maximum Gasteiger partial charge on any atom is 0.390 e. The lowest BCUT2D eigenvalue weighted by atomic mass is 10.2. The quantitative estimate of drug-likeness (QED) is 0.919. The summed E-state index contributed by atoms with van der Waals surface area (Å²) in [5.41, 5.74) is 0.881. The molecule has 0 atom stereocenters. The normalized spacial score (nSPS) is 17.0. The number of sulfone groups is 1. The van der Waals surface area contributed by atoms with E-state index >= 15 is 0 Å². The van der Waals surface area contributed by atoms with Crippen LogP contribution in [-0.4, -0.2) is 46.5 Å². The summed E-state index contributed by atoms with van der Waals surface area (Å²) in [5, 5.41) is 3.21. The van der Waals surface area contributed by atoms with Gasteiger partial charge in [-0.1, -0.05) is 0 Å². The van der Waals surface area contributed by atoms with Crippen LogP contribution in [0.25, 0.3) is 0 Å². The van der Waals surface area contributed by atoms with Gasteiger partial charge in [-0.25, -0.2) is 8.42 Å². The minimum absolute atomic E-state index is 0.0642. The number of alkyl halides is 3. The minimum atomic E-state index is -4.46. The first-order valence-electron chi connectivity index (χ1n) is 6.63. The summed E-state index contributed by atoms with van der Waals surface area (Å²) in [5.74, 6) is -0.913. The van der Waals surface area contributed by atoms with Gasteiger partial charge in [-0.05, 0) is 24.3 Å². The molecule has 1 saturated heterocycles. The van der Waals surface area contributed by atoms with Gasteiger partial charge in [0.25, 0.3) is 0 Å². The van der Waals surface area contributed by atoms with E-state index in [2.05, 4.69) is 10.2 Å². The highest BCUT2D eigenvalue weighted by Gasteiger charge is 2.30. The van der Waals surface area contributed by atoms with Gasteiger partial charge in [0.1, 0.15) is 0 Å². The van der Waals surface area contributed by atoms with Crippen LogP contribution in [0.4, 0.5) is 18.9 Å². The Morgan fingerprint density at radius 1 is 1.10 bits per heavy atom. The van der Waals surface area contributed by atoms with Gasteiger partial charge < -0.3 is 10.2 Å². The number of nitrogens with one attached hydrogen (secondary N) is 1. The Labute approximate surface area is 121 Å². The molecule has 1 aromatic carbocycles. The molecule has 0 saturated carbocycles. The van der Waals surface area contributed by atoms with E-state index < -0.39 is 28.2 Å². The van der Waals surface area contributed by atoms with Crippen molar-refractivity contribution >= 4 is 15.5 Å². The molecular weight excluding hydrogens is 305 g/mol. The molecular formula is C13H17F3N2O2S. The Hall–Kier alpha value is -1.28. The molecule has 21 heavy (non-hydrogen) atoms. The van der Waals surface area contributed by atoms with Crippen LogP contribution in [0.3, 0.4) is 0 Å². The van der Waals surface area contributed by atoms with Crippen LogP contribution < -0.4 is 10.2 Å². The molecule has 1 aliphatic rings. The van der Waals surface area contributed by atoms with Gasteiger partial charge in [-0.2, -0.15) is 13.2 Å². The van der Waals surface area contributed by atoms with Gasteiger partial charge >= 0.3 is 6.18 Å². The third kappa shape index (κ3) is 4.60. The highest BCUT2D eigenvalue weighted by atomic mass is 32.2. The predicted octanol–water partition coefficient (Wildman–Crippen LogP) is 1.82. The molecule has 118 valence electrons. The lowest BCUT2D eigenvalue weighted by Crippen LogP contribution is -2.43. The van der Waals surface area contributed by atoms with Gasteiger partial charge in [0.2, 0.25) is 0 Å². The van der Waals surface area contributed by atoms with Gasteiger partial charge in [0.05, 0.1) is 17.1 Å². The summed E-state index contributed by atoms with van der Waals surface area (Å²) in [6.07, 6.45) is -5.79. The van der Waals surface area contributed by atoms with Crippen molar-refractivity contribution in [1.29, 1.82) is 0 Å². The molecule has 4 nitrogen and oxygen atoms in total. The second-order valence-corrected chi connectivity index (χ2v) is 7.02. The summed E-state index contributed by atoms with van der Waals surface area (Å²) in [6, 6.07) is 6.05. The number of benzene rings is 1. The predicted molar refractivity (Wildman–Crippen MR) is 74.2 cm³/mol. The van der Waals surface area contributed by atoms with Crippen LogP contribution in [-0.2, 0) is 9.84 Å². The van der Waals surface area contributed by atoms with E-state index in [1.54, 1.807) is 12.1 Å². The van der Waals surface area contributed by atoms with Crippen molar-refractivity contribution < 1.29 is 21.6 Å². The fraction of sp³-hybridized carbons (Fsp3) is 0.538. The molecule has 0 aliphatic carbocycles. The molecule has 1 aromatic rings.